The van der Waals surface area contributed by atoms with E-state index in [-0.39, 0.29) is 12.4 Å². The van der Waals surface area contributed by atoms with Crippen LogP contribution in [0.2, 0.25) is 0 Å². The molecule has 1 aliphatic carbocycles. The van der Waals surface area contributed by atoms with Crippen LogP contribution in [0.3, 0.4) is 0 Å². The Morgan fingerprint density at radius 2 is 1.54 bits per heavy atom. The third kappa shape index (κ3) is 2.48. The van der Waals surface area contributed by atoms with Crippen molar-refractivity contribution in [1.29, 1.82) is 0 Å². The largest absolute Gasteiger partial charge is 0.351 e. The minimum absolute atomic E-state index is 0. The van der Waals surface area contributed by atoms with E-state index in [2.05, 4.69) is 29.1 Å². The van der Waals surface area contributed by atoms with Gasteiger partial charge in [0.2, 0.25) is 0 Å². The van der Waals surface area contributed by atoms with Gasteiger partial charge in [-0.2, -0.15) is 0 Å². The first-order valence-corrected chi connectivity index (χ1v) is 4.74. The van der Waals surface area contributed by atoms with Gasteiger partial charge in [0.15, 0.2) is 0 Å². The molecule has 0 saturated heterocycles. The summed E-state index contributed by atoms with van der Waals surface area (Å²) in [6.45, 7) is 0. The summed E-state index contributed by atoms with van der Waals surface area (Å²) >= 11 is 0. The third-order valence-corrected chi connectivity index (χ3v) is 2.79. The van der Waals surface area contributed by atoms with Crippen LogP contribution in [0.5, 0.6) is 0 Å². The van der Waals surface area contributed by atoms with Crippen LogP contribution in [0, 0.1) is 0 Å². The molecule has 1 aromatic rings. The van der Waals surface area contributed by atoms with E-state index >= 15 is 0 Å². The van der Waals surface area contributed by atoms with Crippen LogP contribution in [-0.4, -0.2) is 10.6 Å². The number of nitrogens with zero attached hydrogens (tertiary/aromatic N) is 1. The minimum atomic E-state index is 0. The topological polar surface area (TPSA) is 30.9 Å². The van der Waals surface area contributed by atoms with E-state index in [0.29, 0.717) is 12.1 Å². The first-order chi connectivity index (χ1) is 5.86. The van der Waals surface area contributed by atoms with Crippen molar-refractivity contribution in [3.63, 3.8) is 0 Å². The molecule has 2 rings (SSSR count). The lowest BCUT2D eigenvalue weighted by Crippen LogP contribution is -2.27. The Morgan fingerprint density at radius 1 is 1.00 bits per heavy atom. The molecule has 0 amide bonds. The van der Waals surface area contributed by atoms with Gasteiger partial charge in [0, 0.05) is 24.5 Å². The van der Waals surface area contributed by atoms with Crippen LogP contribution in [0.15, 0.2) is 24.5 Å². The maximum Gasteiger partial charge on any atom is 0.0331 e. The van der Waals surface area contributed by atoms with Crippen molar-refractivity contribution >= 4 is 12.4 Å². The van der Waals surface area contributed by atoms with Crippen molar-refractivity contribution in [2.45, 2.75) is 37.8 Å². The van der Waals surface area contributed by atoms with Crippen molar-refractivity contribution in [2.24, 2.45) is 5.73 Å². The van der Waals surface area contributed by atoms with Gasteiger partial charge in [-0.1, -0.05) is 0 Å². The quantitative estimate of drug-likeness (QED) is 0.742. The molecule has 74 valence electrons. The van der Waals surface area contributed by atoms with Crippen molar-refractivity contribution in [3.05, 3.63) is 24.5 Å². The highest BCUT2D eigenvalue weighted by molar-refractivity contribution is 5.85. The van der Waals surface area contributed by atoms with E-state index in [4.69, 9.17) is 5.73 Å². The Morgan fingerprint density at radius 3 is 2.08 bits per heavy atom. The maximum atomic E-state index is 5.84. The Labute approximate surface area is 85.5 Å². The summed E-state index contributed by atoms with van der Waals surface area (Å²) in [6, 6.07) is 5.35. The van der Waals surface area contributed by atoms with Gasteiger partial charge in [-0.15, -0.1) is 12.4 Å². The van der Waals surface area contributed by atoms with Gasteiger partial charge in [-0.3, -0.25) is 0 Å². The van der Waals surface area contributed by atoms with Crippen molar-refractivity contribution < 1.29 is 0 Å². The fourth-order valence-corrected chi connectivity index (χ4v) is 1.99. The second-order valence-corrected chi connectivity index (χ2v) is 3.70. The van der Waals surface area contributed by atoms with Gasteiger partial charge in [0.25, 0.3) is 0 Å². The third-order valence-electron chi connectivity index (χ3n) is 2.79. The zero-order valence-corrected chi connectivity index (χ0v) is 8.54. The van der Waals surface area contributed by atoms with E-state index in [1.807, 2.05) is 0 Å². The lowest BCUT2D eigenvalue weighted by atomic mass is 9.92. The summed E-state index contributed by atoms with van der Waals surface area (Å²) in [4.78, 5) is 0. The van der Waals surface area contributed by atoms with Crippen LogP contribution in [0.25, 0.3) is 0 Å². The second-order valence-electron chi connectivity index (χ2n) is 3.70. The molecule has 1 saturated carbocycles. The number of hydrogen-bond donors (Lipinski definition) is 1. The number of rotatable bonds is 1. The van der Waals surface area contributed by atoms with E-state index in [1.165, 1.54) is 25.7 Å². The highest BCUT2D eigenvalue weighted by atomic mass is 35.5. The molecule has 1 fully saturated rings. The van der Waals surface area contributed by atoms with Gasteiger partial charge in [-0.05, 0) is 37.8 Å². The molecule has 0 aliphatic heterocycles. The molecule has 1 aromatic heterocycles. The molecule has 3 heteroatoms. The first-order valence-electron chi connectivity index (χ1n) is 4.74. The molecular weight excluding hydrogens is 184 g/mol. The zero-order valence-electron chi connectivity index (χ0n) is 7.73. The van der Waals surface area contributed by atoms with Gasteiger partial charge < -0.3 is 10.3 Å². The molecule has 0 unspecified atom stereocenters. The summed E-state index contributed by atoms with van der Waals surface area (Å²) in [5, 5.41) is 0. The second kappa shape index (κ2) is 4.68. The lowest BCUT2D eigenvalue weighted by molar-refractivity contribution is 0.324. The molecular formula is C10H17ClN2. The number of aromatic nitrogens is 1. The normalized spacial score (nSPS) is 28.1. The molecule has 0 radical (unpaired) electrons. The van der Waals surface area contributed by atoms with E-state index in [0.717, 1.165) is 0 Å². The van der Waals surface area contributed by atoms with Crippen LogP contribution < -0.4 is 5.73 Å². The van der Waals surface area contributed by atoms with E-state index in [9.17, 15) is 0 Å². The Balaban J connectivity index is 0.000000845. The smallest absolute Gasteiger partial charge is 0.0331 e. The van der Waals surface area contributed by atoms with Gasteiger partial charge in [-0.25, -0.2) is 0 Å². The Kier molecular flexibility index (Phi) is 3.82. The first kappa shape index (κ1) is 10.6. The van der Waals surface area contributed by atoms with E-state index in [1.54, 1.807) is 0 Å². The number of hydrogen-bond acceptors (Lipinski definition) is 1. The monoisotopic (exact) mass is 200 g/mol. The summed E-state index contributed by atoms with van der Waals surface area (Å²) in [5.74, 6) is 0. The van der Waals surface area contributed by atoms with Gasteiger partial charge >= 0.3 is 0 Å². The summed E-state index contributed by atoms with van der Waals surface area (Å²) in [7, 11) is 0. The molecule has 0 atom stereocenters. The summed E-state index contributed by atoms with van der Waals surface area (Å²) in [6.07, 6.45) is 9.17. The average molecular weight is 201 g/mol. The minimum Gasteiger partial charge on any atom is -0.351 e. The predicted molar refractivity (Wildman–Crippen MR) is 57.2 cm³/mol. The molecule has 1 aliphatic rings. The highest BCUT2D eigenvalue weighted by Gasteiger charge is 2.18. The molecule has 13 heavy (non-hydrogen) atoms. The van der Waals surface area contributed by atoms with E-state index < -0.39 is 0 Å². The number of nitrogens with two attached hydrogens (primary N) is 1. The SMILES string of the molecule is Cl.NC1CCC(n2cccc2)CC1. The molecule has 2 N–H and O–H groups in total. The fourth-order valence-electron chi connectivity index (χ4n) is 1.99. The Hall–Kier alpha value is -0.470. The zero-order chi connectivity index (χ0) is 8.39. The molecule has 0 bridgehead atoms. The molecule has 1 heterocycles. The lowest BCUT2D eigenvalue weighted by Gasteiger charge is -2.27. The van der Waals surface area contributed by atoms with Gasteiger partial charge in [0.05, 0.1) is 0 Å². The molecule has 0 aromatic carbocycles. The van der Waals surface area contributed by atoms with Crippen molar-refractivity contribution in [1.82, 2.24) is 4.57 Å². The van der Waals surface area contributed by atoms with Crippen LogP contribution in [0.1, 0.15) is 31.7 Å². The van der Waals surface area contributed by atoms with Gasteiger partial charge in [0.1, 0.15) is 0 Å². The number of halogens is 1. The van der Waals surface area contributed by atoms with Crippen molar-refractivity contribution in [2.75, 3.05) is 0 Å². The van der Waals surface area contributed by atoms with Crippen LogP contribution >= 0.6 is 12.4 Å². The Bertz CT molecular complexity index is 225. The standard InChI is InChI=1S/C10H16N2.ClH/c11-9-3-5-10(6-4-9)12-7-1-2-8-12;/h1-2,7-10H,3-6,11H2;1H. The summed E-state index contributed by atoms with van der Waals surface area (Å²) in [5.41, 5.74) is 5.84. The van der Waals surface area contributed by atoms with Crippen molar-refractivity contribution in [3.8, 4) is 0 Å². The summed E-state index contributed by atoms with van der Waals surface area (Å²) < 4.78 is 2.31. The van der Waals surface area contributed by atoms with Crippen LogP contribution in [0.4, 0.5) is 0 Å². The van der Waals surface area contributed by atoms with Crippen LogP contribution in [-0.2, 0) is 0 Å². The molecule has 0 spiro atoms. The average Bonchev–Trinajstić information content (AvgIpc) is 2.58. The highest BCUT2D eigenvalue weighted by Crippen LogP contribution is 2.27. The fraction of sp³-hybridized carbons (Fsp3) is 0.600. The maximum absolute atomic E-state index is 5.84. The molecule has 2 nitrogen and oxygen atoms in total. The predicted octanol–water partition coefficient (Wildman–Crippen LogP) is 2.35.